The normalized spacial score (nSPS) is 13.8. The number of rotatable bonds is 4. The first-order valence-corrected chi connectivity index (χ1v) is 6.78. The fourth-order valence-corrected chi connectivity index (χ4v) is 2.36. The van der Waals surface area contributed by atoms with Crippen LogP contribution in [0.3, 0.4) is 0 Å². The Hall–Kier alpha value is -2.21. The van der Waals surface area contributed by atoms with E-state index in [2.05, 4.69) is 27.0 Å². The lowest BCUT2D eigenvalue weighted by Gasteiger charge is -2.17. The molecule has 0 saturated carbocycles. The van der Waals surface area contributed by atoms with Crippen LogP contribution in [0, 0.1) is 0 Å². The lowest BCUT2D eigenvalue weighted by molar-refractivity contribution is 0.0951. The maximum atomic E-state index is 12.1. The van der Waals surface area contributed by atoms with Crippen molar-refractivity contribution in [2.45, 2.75) is 19.5 Å². The molecule has 0 saturated heterocycles. The Labute approximate surface area is 117 Å². The number of carbonyl (C=O) groups excluding carboxylic acids is 1. The predicted molar refractivity (Wildman–Crippen MR) is 74.2 cm³/mol. The molecule has 104 valence electrons. The number of hydrogen-bond donors (Lipinski definition) is 2. The smallest absolute Gasteiger partial charge is 0.251 e. The van der Waals surface area contributed by atoms with Gasteiger partial charge in [-0.25, -0.2) is 0 Å². The molecule has 20 heavy (non-hydrogen) atoms. The lowest BCUT2D eigenvalue weighted by Crippen LogP contribution is -2.28. The van der Waals surface area contributed by atoms with E-state index in [1.165, 1.54) is 11.1 Å². The Morgan fingerprint density at radius 3 is 3.20 bits per heavy atom. The predicted octanol–water partition coefficient (Wildman–Crippen LogP) is 0.354. The van der Waals surface area contributed by atoms with Gasteiger partial charge in [-0.3, -0.25) is 9.48 Å². The van der Waals surface area contributed by atoms with Crippen LogP contribution in [-0.2, 0) is 19.5 Å². The summed E-state index contributed by atoms with van der Waals surface area (Å²) in [4.78, 5) is 12.1. The van der Waals surface area contributed by atoms with E-state index in [1.54, 1.807) is 17.1 Å². The summed E-state index contributed by atoms with van der Waals surface area (Å²) >= 11 is 0. The van der Waals surface area contributed by atoms with Crippen LogP contribution >= 0.6 is 0 Å². The average Bonchev–Trinajstić information content (AvgIpc) is 3.00. The molecule has 0 atom stereocenters. The molecular weight excluding hydrogens is 254 g/mol. The number of fused-ring (bicyclic) bond motifs is 1. The maximum Gasteiger partial charge on any atom is 0.251 e. The molecular formula is C14H17N5O. The van der Waals surface area contributed by atoms with Crippen LogP contribution in [0.5, 0.6) is 0 Å². The second-order valence-electron chi connectivity index (χ2n) is 4.83. The molecule has 1 aliphatic rings. The van der Waals surface area contributed by atoms with Gasteiger partial charge < -0.3 is 10.6 Å². The fourth-order valence-electron chi connectivity index (χ4n) is 2.36. The van der Waals surface area contributed by atoms with E-state index in [4.69, 9.17) is 0 Å². The minimum Gasteiger partial charge on any atom is -0.350 e. The first kappa shape index (κ1) is 12.8. The van der Waals surface area contributed by atoms with Crippen molar-refractivity contribution in [3.8, 4) is 0 Å². The third-order valence-corrected chi connectivity index (χ3v) is 3.45. The number of carbonyl (C=O) groups is 1. The number of benzene rings is 1. The summed E-state index contributed by atoms with van der Waals surface area (Å²) in [7, 11) is 0. The first-order valence-electron chi connectivity index (χ1n) is 6.78. The van der Waals surface area contributed by atoms with Crippen molar-refractivity contribution < 1.29 is 4.79 Å². The summed E-state index contributed by atoms with van der Waals surface area (Å²) in [5, 5.41) is 13.8. The maximum absolute atomic E-state index is 12.1. The van der Waals surface area contributed by atoms with Crippen molar-refractivity contribution in [3.05, 3.63) is 47.3 Å². The molecule has 0 bridgehead atoms. The van der Waals surface area contributed by atoms with Gasteiger partial charge in [0.25, 0.3) is 5.91 Å². The molecule has 6 heteroatoms. The molecule has 0 fully saturated rings. The van der Waals surface area contributed by atoms with E-state index in [0.717, 1.165) is 19.5 Å². The largest absolute Gasteiger partial charge is 0.350 e. The highest BCUT2D eigenvalue weighted by Crippen LogP contribution is 2.15. The molecule has 2 N–H and O–H groups in total. The van der Waals surface area contributed by atoms with Crippen molar-refractivity contribution in [2.24, 2.45) is 0 Å². The van der Waals surface area contributed by atoms with Gasteiger partial charge in [-0.1, -0.05) is 11.3 Å². The third-order valence-electron chi connectivity index (χ3n) is 3.45. The van der Waals surface area contributed by atoms with Crippen LogP contribution in [0.2, 0.25) is 0 Å². The Morgan fingerprint density at radius 1 is 1.40 bits per heavy atom. The second kappa shape index (κ2) is 5.83. The molecule has 1 amide bonds. The van der Waals surface area contributed by atoms with E-state index in [-0.39, 0.29) is 5.91 Å². The highest BCUT2D eigenvalue weighted by Gasteiger charge is 2.12. The van der Waals surface area contributed by atoms with Gasteiger partial charge in [0.2, 0.25) is 0 Å². The molecule has 0 unspecified atom stereocenters. The molecule has 2 heterocycles. The van der Waals surface area contributed by atoms with E-state index in [9.17, 15) is 4.79 Å². The molecule has 1 aromatic heterocycles. The van der Waals surface area contributed by atoms with E-state index in [0.29, 0.717) is 18.7 Å². The highest BCUT2D eigenvalue weighted by atomic mass is 16.1. The Balaban J connectivity index is 1.59. The lowest BCUT2D eigenvalue weighted by atomic mass is 9.98. The second-order valence-corrected chi connectivity index (χ2v) is 4.83. The standard InChI is InChI=1S/C14H17N5O/c20-14(16-5-7-19-8-6-17-18-19)12-2-1-11-3-4-15-10-13(11)9-12/h1-2,6,8-9,15H,3-5,7,10H2,(H,16,20). The van der Waals surface area contributed by atoms with Gasteiger partial charge in [0.1, 0.15) is 0 Å². The molecule has 0 radical (unpaired) electrons. The summed E-state index contributed by atoms with van der Waals surface area (Å²) in [5.74, 6) is -0.0431. The third kappa shape index (κ3) is 2.85. The Morgan fingerprint density at radius 2 is 2.35 bits per heavy atom. The first-order chi connectivity index (χ1) is 9.83. The summed E-state index contributed by atoms with van der Waals surface area (Å²) in [6.45, 7) is 3.02. The van der Waals surface area contributed by atoms with Crippen molar-refractivity contribution in [1.82, 2.24) is 25.6 Å². The SMILES string of the molecule is O=C(NCCn1ccnn1)c1ccc2c(c1)CNCC2. The molecule has 1 aliphatic heterocycles. The quantitative estimate of drug-likeness (QED) is 0.842. The zero-order valence-electron chi connectivity index (χ0n) is 11.2. The van der Waals surface area contributed by atoms with Crippen molar-refractivity contribution >= 4 is 5.91 Å². The van der Waals surface area contributed by atoms with Crippen LogP contribution in [0.4, 0.5) is 0 Å². The molecule has 1 aromatic carbocycles. The molecule has 6 nitrogen and oxygen atoms in total. The van der Waals surface area contributed by atoms with Gasteiger partial charge >= 0.3 is 0 Å². The number of amides is 1. The van der Waals surface area contributed by atoms with Crippen LogP contribution in [0.1, 0.15) is 21.5 Å². The number of aromatic nitrogens is 3. The molecule has 3 rings (SSSR count). The summed E-state index contributed by atoms with van der Waals surface area (Å²) in [6.07, 6.45) is 4.43. The van der Waals surface area contributed by atoms with Crippen molar-refractivity contribution in [2.75, 3.05) is 13.1 Å². The zero-order chi connectivity index (χ0) is 13.8. The Bertz CT molecular complexity index is 594. The van der Waals surface area contributed by atoms with Crippen molar-refractivity contribution in [3.63, 3.8) is 0 Å². The van der Waals surface area contributed by atoms with Gasteiger partial charge in [0.15, 0.2) is 0 Å². The average molecular weight is 271 g/mol. The van der Waals surface area contributed by atoms with E-state index >= 15 is 0 Å². The fraction of sp³-hybridized carbons (Fsp3) is 0.357. The van der Waals surface area contributed by atoms with Crippen LogP contribution < -0.4 is 10.6 Å². The van der Waals surface area contributed by atoms with Crippen LogP contribution in [-0.4, -0.2) is 34.0 Å². The van der Waals surface area contributed by atoms with Gasteiger partial charge in [-0.05, 0) is 36.2 Å². The zero-order valence-corrected chi connectivity index (χ0v) is 11.2. The monoisotopic (exact) mass is 271 g/mol. The minimum absolute atomic E-state index is 0.0431. The van der Waals surface area contributed by atoms with Crippen LogP contribution in [0.15, 0.2) is 30.6 Å². The van der Waals surface area contributed by atoms with Gasteiger partial charge in [0.05, 0.1) is 12.7 Å². The topological polar surface area (TPSA) is 71.8 Å². The Kier molecular flexibility index (Phi) is 3.73. The minimum atomic E-state index is -0.0431. The number of nitrogens with zero attached hydrogens (tertiary/aromatic N) is 3. The number of hydrogen-bond acceptors (Lipinski definition) is 4. The van der Waals surface area contributed by atoms with Gasteiger partial charge in [-0.2, -0.15) is 0 Å². The highest BCUT2D eigenvalue weighted by molar-refractivity contribution is 5.94. The molecule has 2 aromatic rings. The summed E-state index contributed by atoms with van der Waals surface area (Å²) < 4.78 is 1.69. The van der Waals surface area contributed by atoms with E-state index < -0.39 is 0 Å². The van der Waals surface area contributed by atoms with Crippen LogP contribution in [0.25, 0.3) is 0 Å². The molecule has 0 spiro atoms. The van der Waals surface area contributed by atoms with Gasteiger partial charge in [-0.15, -0.1) is 5.10 Å². The van der Waals surface area contributed by atoms with Crippen molar-refractivity contribution in [1.29, 1.82) is 0 Å². The van der Waals surface area contributed by atoms with Gasteiger partial charge in [0, 0.05) is 24.8 Å². The molecule has 0 aliphatic carbocycles. The van der Waals surface area contributed by atoms with E-state index in [1.807, 2.05) is 12.1 Å². The number of nitrogens with one attached hydrogen (secondary N) is 2. The summed E-state index contributed by atoms with van der Waals surface area (Å²) in [6, 6.07) is 5.93. The summed E-state index contributed by atoms with van der Waals surface area (Å²) in [5.41, 5.74) is 3.27.